The van der Waals surface area contributed by atoms with E-state index in [-0.39, 0.29) is 22.6 Å². The highest BCUT2D eigenvalue weighted by atomic mass is 16.6. The number of piperidine rings is 1. The molecule has 1 amide bonds. The van der Waals surface area contributed by atoms with Gasteiger partial charge in [-0.25, -0.2) is 0 Å². The van der Waals surface area contributed by atoms with E-state index in [9.17, 15) is 14.9 Å². The van der Waals surface area contributed by atoms with E-state index in [0.29, 0.717) is 12.1 Å². The standard InChI is InChI=1S/C19H21N3O3/c23-19(15-6-2-1-3-7-15)20-17-10-12-21(13-11-17)14-16-8-4-5-9-18(16)22(24)25/h1-9,17H,10-14H2,(H,20,23). The molecule has 0 unspecified atom stereocenters. The van der Waals surface area contributed by atoms with E-state index in [4.69, 9.17) is 0 Å². The average Bonchev–Trinajstić information content (AvgIpc) is 2.64. The Kier molecular flexibility index (Phi) is 5.40. The molecule has 0 aliphatic carbocycles. The summed E-state index contributed by atoms with van der Waals surface area (Å²) in [4.78, 5) is 25.2. The normalized spacial score (nSPS) is 15.7. The van der Waals surface area contributed by atoms with Crippen molar-refractivity contribution in [3.05, 3.63) is 75.8 Å². The highest BCUT2D eigenvalue weighted by Gasteiger charge is 2.23. The summed E-state index contributed by atoms with van der Waals surface area (Å²) in [5, 5.41) is 14.2. The Morgan fingerprint density at radius 1 is 1.08 bits per heavy atom. The Hall–Kier alpha value is -2.73. The van der Waals surface area contributed by atoms with Gasteiger partial charge in [0, 0.05) is 42.9 Å². The molecule has 3 rings (SSSR count). The molecule has 0 spiro atoms. The molecule has 130 valence electrons. The first-order valence-electron chi connectivity index (χ1n) is 8.44. The summed E-state index contributed by atoms with van der Waals surface area (Å²) in [6, 6.07) is 16.2. The van der Waals surface area contributed by atoms with Crippen molar-refractivity contribution >= 4 is 11.6 Å². The van der Waals surface area contributed by atoms with Crippen molar-refractivity contribution in [2.24, 2.45) is 0 Å². The van der Waals surface area contributed by atoms with Crippen LogP contribution >= 0.6 is 0 Å². The van der Waals surface area contributed by atoms with Crippen LogP contribution < -0.4 is 5.32 Å². The fourth-order valence-corrected chi connectivity index (χ4v) is 3.16. The van der Waals surface area contributed by atoms with E-state index >= 15 is 0 Å². The minimum Gasteiger partial charge on any atom is -0.349 e. The van der Waals surface area contributed by atoms with Gasteiger partial charge in [-0.15, -0.1) is 0 Å². The Morgan fingerprint density at radius 3 is 2.40 bits per heavy atom. The van der Waals surface area contributed by atoms with Gasteiger partial charge in [0.05, 0.1) is 4.92 Å². The van der Waals surface area contributed by atoms with Gasteiger partial charge in [0.2, 0.25) is 0 Å². The molecule has 6 nitrogen and oxygen atoms in total. The van der Waals surface area contributed by atoms with Gasteiger partial charge in [-0.1, -0.05) is 36.4 Å². The first-order chi connectivity index (χ1) is 12.1. The number of hydrogen-bond donors (Lipinski definition) is 1. The summed E-state index contributed by atoms with van der Waals surface area (Å²) >= 11 is 0. The molecule has 1 heterocycles. The summed E-state index contributed by atoms with van der Waals surface area (Å²) in [5.41, 5.74) is 1.58. The number of nitrogens with one attached hydrogen (secondary N) is 1. The highest BCUT2D eigenvalue weighted by Crippen LogP contribution is 2.21. The lowest BCUT2D eigenvalue weighted by molar-refractivity contribution is -0.385. The fourth-order valence-electron chi connectivity index (χ4n) is 3.16. The quantitative estimate of drug-likeness (QED) is 0.671. The lowest BCUT2D eigenvalue weighted by Gasteiger charge is -2.32. The Morgan fingerprint density at radius 2 is 1.72 bits per heavy atom. The molecule has 0 aromatic heterocycles. The molecular weight excluding hydrogens is 318 g/mol. The maximum Gasteiger partial charge on any atom is 0.273 e. The van der Waals surface area contributed by atoms with Crippen LogP contribution in [-0.2, 0) is 6.54 Å². The van der Waals surface area contributed by atoms with Gasteiger partial charge in [-0.2, -0.15) is 0 Å². The number of hydrogen-bond acceptors (Lipinski definition) is 4. The van der Waals surface area contributed by atoms with E-state index in [1.54, 1.807) is 30.3 Å². The minimum atomic E-state index is -0.331. The molecule has 0 atom stereocenters. The number of benzene rings is 2. The number of carbonyl (C=O) groups is 1. The number of carbonyl (C=O) groups excluding carboxylic acids is 1. The maximum atomic E-state index is 12.2. The van der Waals surface area contributed by atoms with Crippen LogP contribution in [0.25, 0.3) is 0 Å². The SMILES string of the molecule is O=C(NC1CCN(Cc2ccccc2[N+](=O)[O-])CC1)c1ccccc1. The van der Waals surface area contributed by atoms with E-state index in [0.717, 1.165) is 31.5 Å². The van der Waals surface area contributed by atoms with Crippen molar-refractivity contribution < 1.29 is 9.72 Å². The van der Waals surface area contributed by atoms with Gasteiger partial charge >= 0.3 is 0 Å². The number of para-hydroxylation sites is 1. The van der Waals surface area contributed by atoms with E-state index in [1.165, 1.54) is 0 Å². The molecule has 2 aromatic rings. The third kappa shape index (κ3) is 4.42. The molecule has 2 aromatic carbocycles. The second-order valence-corrected chi connectivity index (χ2v) is 6.28. The van der Waals surface area contributed by atoms with E-state index in [2.05, 4.69) is 10.2 Å². The fraction of sp³-hybridized carbons (Fsp3) is 0.316. The highest BCUT2D eigenvalue weighted by molar-refractivity contribution is 5.94. The molecule has 1 aliphatic rings. The van der Waals surface area contributed by atoms with Gasteiger partial charge in [0.15, 0.2) is 0 Å². The number of amides is 1. The summed E-state index contributed by atoms with van der Waals surface area (Å²) < 4.78 is 0. The van der Waals surface area contributed by atoms with Gasteiger partial charge in [0.1, 0.15) is 0 Å². The lowest BCUT2D eigenvalue weighted by atomic mass is 10.0. The number of nitro benzene ring substituents is 1. The van der Waals surface area contributed by atoms with Crippen LogP contribution in [0, 0.1) is 10.1 Å². The summed E-state index contributed by atoms with van der Waals surface area (Å²) in [5.74, 6) is -0.0438. The smallest absolute Gasteiger partial charge is 0.273 e. The largest absolute Gasteiger partial charge is 0.349 e. The van der Waals surface area contributed by atoms with Crippen LogP contribution in [0.3, 0.4) is 0 Å². The third-order valence-electron chi connectivity index (χ3n) is 4.54. The number of nitrogens with zero attached hydrogens (tertiary/aromatic N) is 2. The number of likely N-dealkylation sites (tertiary alicyclic amines) is 1. The maximum absolute atomic E-state index is 12.2. The zero-order valence-electron chi connectivity index (χ0n) is 13.9. The lowest BCUT2D eigenvalue weighted by Crippen LogP contribution is -2.44. The third-order valence-corrected chi connectivity index (χ3v) is 4.54. The van der Waals surface area contributed by atoms with Crippen molar-refractivity contribution in [2.45, 2.75) is 25.4 Å². The van der Waals surface area contributed by atoms with Gasteiger partial charge in [0.25, 0.3) is 11.6 Å². The number of nitro groups is 1. The Bertz CT molecular complexity index is 741. The van der Waals surface area contributed by atoms with Crippen LogP contribution in [0.2, 0.25) is 0 Å². The van der Waals surface area contributed by atoms with Crippen LogP contribution in [0.1, 0.15) is 28.8 Å². The van der Waals surface area contributed by atoms with Crippen molar-refractivity contribution in [2.75, 3.05) is 13.1 Å². The van der Waals surface area contributed by atoms with Crippen LogP contribution in [-0.4, -0.2) is 34.9 Å². The van der Waals surface area contributed by atoms with Gasteiger partial charge < -0.3 is 5.32 Å². The van der Waals surface area contributed by atoms with Crippen LogP contribution in [0.4, 0.5) is 5.69 Å². The second-order valence-electron chi connectivity index (χ2n) is 6.28. The van der Waals surface area contributed by atoms with E-state index < -0.39 is 0 Å². The Balaban J connectivity index is 1.52. The number of rotatable bonds is 5. The monoisotopic (exact) mass is 339 g/mol. The molecule has 1 saturated heterocycles. The molecule has 0 radical (unpaired) electrons. The minimum absolute atomic E-state index is 0.0438. The van der Waals surface area contributed by atoms with Gasteiger partial charge in [-0.05, 0) is 25.0 Å². The second kappa shape index (κ2) is 7.90. The average molecular weight is 339 g/mol. The summed E-state index contributed by atoms with van der Waals surface area (Å²) in [6.45, 7) is 2.19. The first-order valence-corrected chi connectivity index (χ1v) is 8.44. The van der Waals surface area contributed by atoms with Crippen LogP contribution in [0.5, 0.6) is 0 Å². The van der Waals surface area contributed by atoms with E-state index in [1.807, 2.05) is 24.3 Å². The summed E-state index contributed by atoms with van der Waals surface area (Å²) in [6.07, 6.45) is 1.69. The van der Waals surface area contributed by atoms with Crippen molar-refractivity contribution in [1.29, 1.82) is 0 Å². The van der Waals surface area contributed by atoms with Crippen molar-refractivity contribution in [3.8, 4) is 0 Å². The first kappa shape index (κ1) is 17.1. The topological polar surface area (TPSA) is 75.5 Å². The van der Waals surface area contributed by atoms with Crippen molar-refractivity contribution in [1.82, 2.24) is 10.2 Å². The molecule has 0 bridgehead atoms. The summed E-state index contributed by atoms with van der Waals surface area (Å²) in [7, 11) is 0. The Labute approximate surface area is 146 Å². The zero-order chi connectivity index (χ0) is 17.6. The van der Waals surface area contributed by atoms with Gasteiger partial charge in [-0.3, -0.25) is 19.8 Å². The molecule has 25 heavy (non-hydrogen) atoms. The predicted molar refractivity (Wildman–Crippen MR) is 95.3 cm³/mol. The molecule has 1 N–H and O–H groups in total. The molecular formula is C19H21N3O3. The molecule has 6 heteroatoms. The van der Waals surface area contributed by atoms with Crippen LogP contribution in [0.15, 0.2) is 54.6 Å². The molecule has 1 aliphatic heterocycles. The molecule has 0 saturated carbocycles. The molecule has 1 fully saturated rings. The zero-order valence-corrected chi connectivity index (χ0v) is 13.9. The predicted octanol–water partition coefficient (Wildman–Crippen LogP) is 2.99. The van der Waals surface area contributed by atoms with Crippen molar-refractivity contribution in [3.63, 3.8) is 0 Å².